The van der Waals surface area contributed by atoms with E-state index in [4.69, 9.17) is 4.74 Å². The van der Waals surface area contributed by atoms with Crippen LogP contribution >= 0.6 is 0 Å². The number of nitrogens with one attached hydrogen (secondary N) is 2. The molecule has 2 N–H and O–H groups in total. The number of ketones is 1. The van der Waals surface area contributed by atoms with Crippen LogP contribution < -0.4 is 10.6 Å². The van der Waals surface area contributed by atoms with E-state index in [0.29, 0.717) is 30.9 Å². The van der Waals surface area contributed by atoms with Gasteiger partial charge in [-0.05, 0) is 52.6 Å². The molecule has 0 aromatic heterocycles. The maximum absolute atomic E-state index is 13.6. The zero-order valence-electron chi connectivity index (χ0n) is 24.2. The van der Waals surface area contributed by atoms with Gasteiger partial charge in [-0.25, -0.2) is 0 Å². The first kappa shape index (κ1) is 29.9. The molecule has 4 aromatic carbocycles. The van der Waals surface area contributed by atoms with Crippen LogP contribution in [-0.4, -0.2) is 67.9 Å². The van der Waals surface area contributed by atoms with Gasteiger partial charge in [-0.2, -0.15) is 0 Å². The molecule has 0 aliphatic carbocycles. The molecule has 5 rings (SSSR count). The molecular weight excluding hydrogens is 538 g/mol. The first-order valence-electron chi connectivity index (χ1n) is 14.8. The van der Waals surface area contributed by atoms with E-state index in [-0.39, 0.29) is 6.42 Å². The molecule has 0 spiro atoms. The smallest absolute Gasteiger partial charge is 0.289 e. The summed E-state index contributed by atoms with van der Waals surface area (Å²) in [4.78, 5) is 42.1. The summed E-state index contributed by atoms with van der Waals surface area (Å²) in [7, 11) is 0. The van der Waals surface area contributed by atoms with Crippen LogP contribution in [0.4, 0.5) is 0 Å². The molecule has 1 fully saturated rings. The van der Waals surface area contributed by atoms with Crippen LogP contribution in [0.5, 0.6) is 0 Å². The van der Waals surface area contributed by atoms with Crippen LogP contribution in [0, 0.1) is 0 Å². The lowest BCUT2D eigenvalue weighted by Gasteiger charge is -2.26. The summed E-state index contributed by atoms with van der Waals surface area (Å²) >= 11 is 0. The molecule has 4 aromatic rings. The van der Waals surface area contributed by atoms with Crippen LogP contribution in [0.25, 0.3) is 22.9 Å². The number of amides is 2. The molecule has 220 valence electrons. The van der Waals surface area contributed by atoms with Crippen molar-refractivity contribution in [3.05, 3.63) is 119 Å². The van der Waals surface area contributed by atoms with Gasteiger partial charge in [-0.3, -0.25) is 19.3 Å². The second kappa shape index (κ2) is 15.0. The monoisotopic (exact) mass is 575 g/mol. The third-order valence-electron chi connectivity index (χ3n) is 7.60. The summed E-state index contributed by atoms with van der Waals surface area (Å²) in [6.07, 6.45) is 4.80. The van der Waals surface area contributed by atoms with Gasteiger partial charge in [0.15, 0.2) is 0 Å². The standard InChI is InChI=1S/C36H37N3O4/c40-34(36(42)37-19-8-20-39-21-23-43-24-22-39)33(26-27-9-2-1-3-10-27)38-35(41)32-14-7-6-12-30(32)18-16-28-15-17-29-11-4-5-13-31(29)25-28/h1-7,9-18,25,33H,8,19-24,26H2,(H,37,42)(H,38,41)/t33-/m0/s1. The van der Waals surface area contributed by atoms with Crippen molar-refractivity contribution in [3.63, 3.8) is 0 Å². The number of fused-ring (bicyclic) bond motifs is 1. The van der Waals surface area contributed by atoms with Crippen molar-refractivity contribution in [1.82, 2.24) is 15.5 Å². The number of carbonyl (C=O) groups is 3. The molecule has 7 heteroatoms. The van der Waals surface area contributed by atoms with E-state index in [0.717, 1.165) is 48.0 Å². The third kappa shape index (κ3) is 8.47. The Morgan fingerprint density at radius 2 is 1.53 bits per heavy atom. The predicted octanol–water partition coefficient (Wildman–Crippen LogP) is 4.76. The average molecular weight is 576 g/mol. The number of rotatable bonds is 12. The molecule has 43 heavy (non-hydrogen) atoms. The second-order valence-electron chi connectivity index (χ2n) is 10.7. The van der Waals surface area contributed by atoms with E-state index in [1.165, 1.54) is 0 Å². The van der Waals surface area contributed by atoms with Gasteiger partial charge in [0, 0.05) is 31.6 Å². The lowest BCUT2D eigenvalue weighted by Crippen LogP contribution is -2.49. The van der Waals surface area contributed by atoms with Crippen molar-refractivity contribution in [2.45, 2.75) is 18.9 Å². The van der Waals surface area contributed by atoms with Gasteiger partial charge in [0.25, 0.3) is 11.8 Å². The molecule has 1 saturated heterocycles. The van der Waals surface area contributed by atoms with Gasteiger partial charge >= 0.3 is 0 Å². The van der Waals surface area contributed by atoms with E-state index in [1.54, 1.807) is 12.1 Å². The number of Topliss-reactive ketones (excluding diaryl/α,β-unsaturated/α-hetero) is 1. The van der Waals surface area contributed by atoms with E-state index in [2.05, 4.69) is 39.8 Å². The Morgan fingerprint density at radius 1 is 0.814 bits per heavy atom. The second-order valence-corrected chi connectivity index (χ2v) is 10.7. The van der Waals surface area contributed by atoms with Crippen molar-refractivity contribution < 1.29 is 19.1 Å². The van der Waals surface area contributed by atoms with Crippen LogP contribution in [0.15, 0.2) is 97.1 Å². The molecule has 1 aliphatic heterocycles. The third-order valence-corrected chi connectivity index (χ3v) is 7.60. The normalized spacial score (nSPS) is 14.4. The maximum atomic E-state index is 13.6. The van der Waals surface area contributed by atoms with Crippen molar-refractivity contribution in [1.29, 1.82) is 0 Å². The molecule has 0 bridgehead atoms. The van der Waals surface area contributed by atoms with Gasteiger partial charge < -0.3 is 15.4 Å². The lowest BCUT2D eigenvalue weighted by molar-refractivity contribution is -0.139. The van der Waals surface area contributed by atoms with E-state index in [9.17, 15) is 14.4 Å². The number of carbonyl (C=O) groups excluding carboxylic acids is 3. The SMILES string of the molecule is O=C(NCCCN1CCOCC1)C(=O)[C@H](Cc1ccccc1)NC(=O)c1ccccc1C=Cc1ccc2ccccc2c1. The molecule has 0 saturated carbocycles. The molecule has 1 heterocycles. The van der Waals surface area contributed by atoms with Gasteiger partial charge in [0.1, 0.15) is 6.04 Å². The number of hydrogen-bond acceptors (Lipinski definition) is 5. The summed E-state index contributed by atoms with van der Waals surface area (Å²) in [5.74, 6) is -1.76. The Morgan fingerprint density at radius 3 is 2.35 bits per heavy atom. The first-order chi connectivity index (χ1) is 21.1. The molecule has 7 nitrogen and oxygen atoms in total. The van der Waals surface area contributed by atoms with Crippen molar-refractivity contribution in [2.75, 3.05) is 39.4 Å². The minimum atomic E-state index is -1.01. The summed E-state index contributed by atoms with van der Waals surface area (Å²) in [5, 5.41) is 7.92. The highest BCUT2D eigenvalue weighted by Gasteiger charge is 2.28. The predicted molar refractivity (Wildman–Crippen MR) is 171 cm³/mol. The Kier molecular flexibility index (Phi) is 10.5. The van der Waals surface area contributed by atoms with Crippen LogP contribution in [0.2, 0.25) is 0 Å². The number of benzene rings is 4. The minimum Gasteiger partial charge on any atom is -0.379 e. The average Bonchev–Trinajstić information content (AvgIpc) is 3.06. The highest BCUT2D eigenvalue weighted by Crippen LogP contribution is 2.19. The van der Waals surface area contributed by atoms with Crippen LogP contribution in [-0.2, 0) is 20.7 Å². The summed E-state index contributed by atoms with van der Waals surface area (Å²) in [5.41, 5.74) is 3.00. The Balaban J connectivity index is 1.27. The molecule has 0 unspecified atom stereocenters. The number of nitrogens with zero attached hydrogens (tertiary/aromatic N) is 1. The number of hydrogen-bond donors (Lipinski definition) is 2. The number of morpholine rings is 1. The van der Waals surface area contributed by atoms with E-state index in [1.807, 2.05) is 72.8 Å². The summed E-state index contributed by atoms with van der Waals surface area (Å²) in [6, 6.07) is 30.0. The van der Waals surface area contributed by atoms with Crippen molar-refractivity contribution in [2.24, 2.45) is 0 Å². The maximum Gasteiger partial charge on any atom is 0.289 e. The Labute approximate surface area is 252 Å². The fourth-order valence-electron chi connectivity index (χ4n) is 5.22. The fraction of sp³-hybridized carbons (Fsp3) is 0.250. The zero-order chi connectivity index (χ0) is 29.9. The molecule has 0 radical (unpaired) electrons. The summed E-state index contributed by atoms with van der Waals surface area (Å²) in [6.45, 7) is 4.39. The highest BCUT2D eigenvalue weighted by atomic mass is 16.5. The largest absolute Gasteiger partial charge is 0.379 e. The molecule has 2 amide bonds. The molecule has 1 aliphatic rings. The topological polar surface area (TPSA) is 87.7 Å². The fourth-order valence-corrected chi connectivity index (χ4v) is 5.22. The molecular formula is C36H37N3O4. The number of ether oxygens (including phenoxy) is 1. The highest BCUT2D eigenvalue weighted by molar-refractivity contribution is 6.38. The van der Waals surface area contributed by atoms with Crippen LogP contribution in [0.1, 0.15) is 33.5 Å². The first-order valence-corrected chi connectivity index (χ1v) is 14.8. The van der Waals surface area contributed by atoms with E-state index >= 15 is 0 Å². The summed E-state index contributed by atoms with van der Waals surface area (Å²) < 4.78 is 5.38. The van der Waals surface area contributed by atoms with Gasteiger partial charge in [0.2, 0.25) is 5.78 Å². The minimum absolute atomic E-state index is 0.210. The molecule has 1 atom stereocenters. The Bertz CT molecular complexity index is 1580. The van der Waals surface area contributed by atoms with Gasteiger partial charge in [0.05, 0.1) is 13.2 Å². The van der Waals surface area contributed by atoms with Crippen molar-refractivity contribution in [3.8, 4) is 0 Å². The van der Waals surface area contributed by atoms with Gasteiger partial charge in [-0.1, -0.05) is 97.1 Å². The Hall–Kier alpha value is -4.59. The van der Waals surface area contributed by atoms with Gasteiger partial charge in [-0.15, -0.1) is 0 Å². The quantitative estimate of drug-likeness (QED) is 0.145. The van der Waals surface area contributed by atoms with Crippen LogP contribution in [0.3, 0.4) is 0 Å². The lowest BCUT2D eigenvalue weighted by atomic mass is 10.00. The van der Waals surface area contributed by atoms with Crippen molar-refractivity contribution >= 4 is 40.5 Å². The zero-order valence-corrected chi connectivity index (χ0v) is 24.2. The van der Waals surface area contributed by atoms with E-state index < -0.39 is 23.6 Å².